The first-order valence-electron chi connectivity index (χ1n) is 8.26. The van der Waals surface area contributed by atoms with Crippen LogP contribution in [0.4, 0.5) is 0 Å². The van der Waals surface area contributed by atoms with Gasteiger partial charge in [-0.05, 0) is 42.2 Å². The fourth-order valence-corrected chi connectivity index (χ4v) is 2.61. The first-order valence-corrected chi connectivity index (χ1v) is 8.26. The summed E-state index contributed by atoms with van der Waals surface area (Å²) < 4.78 is 10.6. The topological polar surface area (TPSA) is 79.2 Å². The standard InChI is InChI=1S/C21H24O5/c1-4-6-14-8-10-16(11-9-14)26-18-12-15(7-5-2)17(13-19(22)25-3)20(23)21(18)24/h4-5,8-12,19,22-24H,1-2,6-7,13H2,3H3/t19-/m0/s1. The van der Waals surface area contributed by atoms with Crippen LogP contribution < -0.4 is 4.74 Å². The SMILES string of the molecule is C=CCc1ccc(Oc2cc(CC=C)c(C[C@@H](O)OC)c(O)c2O)cc1. The van der Waals surface area contributed by atoms with Crippen LogP contribution >= 0.6 is 0 Å². The van der Waals surface area contributed by atoms with Gasteiger partial charge in [0.25, 0.3) is 0 Å². The molecule has 0 fully saturated rings. The van der Waals surface area contributed by atoms with E-state index in [1.807, 2.05) is 18.2 Å². The van der Waals surface area contributed by atoms with Gasteiger partial charge >= 0.3 is 0 Å². The molecule has 138 valence electrons. The summed E-state index contributed by atoms with van der Waals surface area (Å²) in [5.41, 5.74) is 2.17. The van der Waals surface area contributed by atoms with Gasteiger partial charge in [-0.25, -0.2) is 0 Å². The van der Waals surface area contributed by atoms with Crippen LogP contribution in [0.25, 0.3) is 0 Å². The van der Waals surface area contributed by atoms with Gasteiger partial charge in [-0.2, -0.15) is 0 Å². The molecule has 0 saturated heterocycles. The highest BCUT2D eigenvalue weighted by molar-refractivity contribution is 5.59. The molecular formula is C21H24O5. The zero-order valence-corrected chi connectivity index (χ0v) is 14.8. The largest absolute Gasteiger partial charge is 0.504 e. The molecule has 2 rings (SSSR count). The number of aliphatic hydroxyl groups is 1. The molecule has 0 bridgehead atoms. The zero-order valence-electron chi connectivity index (χ0n) is 14.8. The molecule has 0 aliphatic carbocycles. The maximum Gasteiger partial charge on any atom is 0.201 e. The Bertz CT molecular complexity index is 765. The van der Waals surface area contributed by atoms with E-state index in [4.69, 9.17) is 9.47 Å². The number of phenols is 2. The predicted molar refractivity (Wildman–Crippen MR) is 101 cm³/mol. The third kappa shape index (κ3) is 4.65. The van der Waals surface area contributed by atoms with Crippen molar-refractivity contribution in [1.29, 1.82) is 0 Å². The molecule has 5 nitrogen and oxygen atoms in total. The minimum atomic E-state index is -1.09. The van der Waals surface area contributed by atoms with Gasteiger partial charge in [0.05, 0.1) is 0 Å². The molecule has 2 aromatic rings. The normalized spacial score (nSPS) is 11.8. The average Bonchev–Trinajstić information content (AvgIpc) is 2.64. The van der Waals surface area contributed by atoms with E-state index in [2.05, 4.69) is 13.2 Å². The Labute approximate surface area is 153 Å². The Kier molecular flexibility index (Phi) is 6.83. The van der Waals surface area contributed by atoms with Crippen LogP contribution in [0.15, 0.2) is 55.6 Å². The van der Waals surface area contributed by atoms with E-state index in [1.54, 1.807) is 24.3 Å². The van der Waals surface area contributed by atoms with Crippen LogP contribution in [0, 0.1) is 0 Å². The summed E-state index contributed by atoms with van der Waals surface area (Å²) in [5, 5.41) is 30.4. The van der Waals surface area contributed by atoms with Crippen molar-refractivity contribution in [1.82, 2.24) is 0 Å². The molecule has 5 heteroatoms. The van der Waals surface area contributed by atoms with Gasteiger partial charge in [-0.1, -0.05) is 24.3 Å². The van der Waals surface area contributed by atoms with Crippen molar-refractivity contribution >= 4 is 0 Å². The lowest BCUT2D eigenvalue weighted by Gasteiger charge is -2.17. The van der Waals surface area contributed by atoms with E-state index in [9.17, 15) is 15.3 Å². The number of ether oxygens (including phenoxy) is 2. The van der Waals surface area contributed by atoms with Crippen LogP contribution in [0.3, 0.4) is 0 Å². The molecule has 0 spiro atoms. The number of phenolic OH excluding ortho intramolecular Hbond substituents is 2. The third-order valence-electron chi connectivity index (χ3n) is 3.98. The maximum atomic E-state index is 10.4. The van der Waals surface area contributed by atoms with Gasteiger partial charge in [0, 0.05) is 19.1 Å². The van der Waals surface area contributed by atoms with E-state index in [1.165, 1.54) is 7.11 Å². The molecule has 0 aliphatic heterocycles. The van der Waals surface area contributed by atoms with Crippen LogP contribution in [0.2, 0.25) is 0 Å². The molecule has 0 saturated carbocycles. The van der Waals surface area contributed by atoms with Crippen LogP contribution in [-0.4, -0.2) is 28.7 Å². The van der Waals surface area contributed by atoms with E-state index in [0.29, 0.717) is 23.3 Å². The molecule has 26 heavy (non-hydrogen) atoms. The van der Waals surface area contributed by atoms with E-state index >= 15 is 0 Å². The molecule has 0 amide bonds. The Hall–Kier alpha value is -2.76. The fraction of sp³-hybridized carbons (Fsp3) is 0.238. The van der Waals surface area contributed by atoms with Crippen molar-refractivity contribution in [2.45, 2.75) is 25.6 Å². The average molecular weight is 356 g/mol. The summed E-state index contributed by atoms with van der Waals surface area (Å²) in [6.45, 7) is 7.41. The highest BCUT2D eigenvalue weighted by atomic mass is 16.6. The second-order valence-corrected chi connectivity index (χ2v) is 5.84. The Morgan fingerprint density at radius 1 is 1.04 bits per heavy atom. The lowest BCUT2D eigenvalue weighted by Crippen LogP contribution is -2.14. The number of rotatable bonds is 9. The van der Waals surface area contributed by atoms with Crippen LogP contribution in [0.1, 0.15) is 16.7 Å². The summed E-state index contributed by atoms with van der Waals surface area (Å²) in [4.78, 5) is 0. The number of hydrogen-bond acceptors (Lipinski definition) is 5. The second kappa shape index (κ2) is 9.08. The summed E-state index contributed by atoms with van der Waals surface area (Å²) in [6, 6.07) is 9.01. The number of hydrogen-bond donors (Lipinski definition) is 3. The van der Waals surface area contributed by atoms with Crippen molar-refractivity contribution < 1.29 is 24.8 Å². The minimum Gasteiger partial charge on any atom is -0.504 e. The third-order valence-corrected chi connectivity index (χ3v) is 3.98. The van der Waals surface area contributed by atoms with Gasteiger partial charge in [-0.3, -0.25) is 0 Å². The van der Waals surface area contributed by atoms with Gasteiger partial charge in [-0.15, -0.1) is 13.2 Å². The monoisotopic (exact) mass is 356 g/mol. The Balaban J connectivity index is 2.36. The van der Waals surface area contributed by atoms with Crippen molar-refractivity contribution in [3.05, 3.63) is 72.3 Å². The molecule has 0 unspecified atom stereocenters. The van der Waals surface area contributed by atoms with Crippen LogP contribution in [-0.2, 0) is 24.0 Å². The number of methoxy groups -OCH3 is 1. The summed E-state index contributed by atoms with van der Waals surface area (Å²) in [7, 11) is 1.36. The van der Waals surface area contributed by atoms with E-state index in [0.717, 1.165) is 12.0 Å². The quantitative estimate of drug-likeness (QED) is 0.361. The highest BCUT2D eigenvalue weighted by Crippen LogP contribution is 2.43. The van der Waals surface area contributed by atoms with Gasteiger partial charge in [0.2, 0.25) is 5.75 Å². The van der Waals surface area contributed by atoms with Gasteiger partial charge in [0.15, 0.2) is 17.8 Å². The number of benzene rings is 2. The first kappa shape index (κ1) is 19.6. The number of allylic oxidation sites excluding steroid dienone is 2. The van der Waals surface area contributed by atoms with Crippen molar-refractivity contribution in [2.75, 3.05) is 7.11 Å². The molecule has 3 N–H and O–H groups in total. The molecule has 0 radical (unpaired) electrons. The number of aromatic hydroxyl groups is 2. The zero-order chi connectivity index (χ0) is 19.1. The fourth-order valence-electron chi connectivity index (χ4n) is 2.61. The van der Waals surface area contributed by atoms with Gasteiger partial charge < -0.3 is 24.8 Å². The highest BCUT2D eigenvalue weighted by Gasteiger charge is 2.20. The Morgan fingerprint density at radius 3 is 2.27 bits per heavy atom. The second-order valence-electron chi connectivity index (χ2n) is 5.84. The maximum absolute atomic E-state index is 10.4. The minimum absolute atomic E-state index is 0.0373. The van der Waals surface area contributed by atoms with Crippen molar-refractivity contribution in [3.63, 3.8) is 0 Å². The predicted octanol–water partition coefficient (Wildman–Crippen LogP) is 3.85. The molecule has 0 aliphatic rings. The summed E-state index contributed by atoms with van der Waals surface area (Å²) in [6.07, 6.45) is 3.63. The Morgan fingerprint density at radius 2 is 1.69 bits per heavy atom. The molecule has 0 heterocycles. The van der Waals surface area contributed by atoms with E-state index < -0.39 is 6.29 Å². The van der Waals surface area contributed by atoms with Gasteiger partial charge in [0.1, 0.15) is 5.75 Å². The molecule has 0 aromatic heterocycles. The number of aliphatic hydroxyl groups excluding tert-OH is 1. The first-order chi connectivity index (χ1) is 12.5. The smallest absolute Gasteiger partial charge is 0.201 e. The van der Waals surface area contributed by atoms with Crippen molar-refractivity contribution in [3.8, 4) is 23.0 Å². The summed E-state index contributed by atoms with van der Waals surface area (Å²) >= 11 is 0. The lowest BCUT2D eigenvalue weighted by atomic mass is 9.99. The van der Waals surface area contributed by atoms with E-state index in [-0.39, 0.29) is 23.7 Å². The van der Waals surface area contributed by atoms with Crippen LogP contribution in [0.5, 0.6) is 23.0 Å². The lowest BCUT2D eigenvalue weighted by molar-refractivity contribution is -0.0724. The van der Waals surface area contributed by atoms with Crippen molar-refractivity contribution in [2.24, 2.45) is 0 Å². The summed E-state index contributed by atoms with van der Waals surface area (Å²) in [5.74, 6) is -0.0572. The molecule has 1 atom stereocenters. The molecular weight excluding hydrogens is 332 g/mol. The molecule has 2 aromatic carbocycles.